The molecule has 1 aliphatic carbocycles. The van der Waals surface area contributed by atoms with Crippen LogP contribution in [0.5, 0.6) is 0 Å². The zero-order valence-electron chi connectivity index (χ0n) is 9.29. The number of thioether (sulfide) groups is 1. The van der Waals surface area contributed by atoms with E-state index in [2.05, 4.69) is 5.32 Å². The van der Waals surface area contributed by atoms with Gasteiger partial charge in [-0.3, -0.25) is 4.79 Å². The lowest BCUT2D eigenvalue weighted by Gasteiger charge is -2.24. The molecule has 1 heterocycles. The van der Waals surface area contributed by atoms with E-state index in [0.717, 1.165) is 19.4 Å². The van der Waals surface area contributed by atoms with Crippen LogP contribution in [0.25, 0.3) is 0 Å². The van der Waals surface area contributed by atoms with Crippen molar-refractivity contribution in [2.75, 3.05) is 12.3 Å². The molecule has 0 bridgehead atoms. The van der Waals surface area contributed by atoms with E-state index in [1.807, 2.05) is 18.7 Å². The van der Waals surface area contributed by atoms with Crippen molar-refractivity contribution in [1.82, 2.24) is 5.32 Å². The van der Waals surface area contributed by atoms with E-state index in [1.165, 1.54) is 18.6 Å². The molecule has 2 aliphatic rings. The molecule has 86 valence electrons. The van der Waals surface area contributed by atoms with Crippen LogP contribution in [0, 0.1) is 5.92 Å². The van der Waals surface area contributed by atoms with Crippen molar-refractivity contribution < 1.29 is 4.79 Å². The van der Waals surface area contributed by atoms with Crippen molar-refractivity contribution in [2.45, 2.75) is 43.4 Å². The highest BCUT2D eigenvalue weighted by molar-refractivity contribution is 8.00. The van der Waals surface area contributed by atoms with Gasteiger partial charge < -0.3 is 11.1 Å². The molecule has 0 aromatic carbocycles. The summed E-state index contributed by atoms with van der Waals surface area (Å²) in [5.74, 6) is 1.69. The Morgan fingerprint density at radius 1 is 1.53 bits per heavy atom. The van der Waals surface area contributed by atoms with Gasteiger partial charge >= 0.3 is 0 Å². The minimum Gasteiger partial charge on any atom is -0.353 e. The number of rotatable bonds is 4. The lowest BCUT2D eigenvalue weighted by molar-refractivity contribution is -0.126. The van der Waals surface area contributed by atoms with E-state index in [4.69, 9.17) is 5.73 Å². The second kappa shape index (κ2) is 4.34. The van der Waals surface area contributed by atoms with Crippen molar-refractivity contribution in [3.05, 3.63) is 0 Å². The Hall–Kier alpha value is -0.220. The minimum atomic E-state index is -0.636. The predicted molar refractivity (Wildman–Crippen MR) is 63.8 cm³/mol. The summed E-state index contributed by atoms with van der Waals surface area (Å²) in [6.45, 7) is 2.66. The largest absolute Gasteiger partial charge is 0.353 e. The zero-order chi connectivity index (χ0) is 10.9. The molecular weight excluding hydrogens is 208 g/mol. The summed E-state index contributed by atoms with van der Waals surface area (Å²) < 4.78 is 0. The van der Waals surface area contributed by atoms with Crippen molar-refractivity contribution in [3.63, 3.8) is 0 Å². The van der Waals surface area contributed by atoms with Crippen LogP contribution in [0.2, 0.25) is 0 Å². The summed E-state index contributed by atoms with van der Waals surface area (Å²) in [6, 6.07) is 0. The molecule has 1 saturated heterocycles. The van der Waals surface area contributed by atoms with Crippen LogP contribution < -0.4 is 11.1 Å². The first kappa shape index (κ1) is 11.3. The van der Waals surface area contributed by atoms with Gasteiger partial charge in [-0.1, -0.05) is 0 Å². The van der Waals surface area contributed by atoms with Crippen molar-refractivity contribution in [3.8, 4) is 0 Å². The van der Waals surface area contributed by atoms with E-state index < -0.39 is 5.54 Å². The molecular formula is C11H20N2OS. The molecule has 4 heteroatoms. The van der Waals surface area contributed by atoms with Crippen molar-refractivity contribution in [2.24, 2.45) is 11.7 Å². The number of nitrogens with two attached hydrogens (primary N) is 1. The monoisotopic (exact) mass is 228 g/mol. The maximum Gasteiger partial charge on any atom is 0.240 e. The Kier molecular flexibility index (Phi) is 3.26. The maximum absolute atomic E-state index is 11.9. The Balaban J connectivity index is 1.75. The van der Waals surface area contributed by atoms with Crippen molar-refractivity contribution >= 4 is 17.7 Å². The second-order valence-electron chi connectivity index (χ2n) is 4.90. The Morgan fingerprint density at radius 2 is 2.27 bits per heavy atom. The van der Waals surface area contributed by atoms with Crippen molar-refractivity contribution in [1.29, 1.82) is 0 Å². The quantitative estimate of drug-likeness (QED) is 0.758. The van der Waals surface area contributed by atoms with Gasteiger partial charge in [0, 0.05) is 11.8 Å². The third-order valence-electron chi connectivity index (χ3n) is 3.43. The van der Waals surface area contributed by atoms with Crippen LogP contribution in [0.15, 0.2) is 0 Å². The minimum absolute atomic E-state index is 0.0394. The second-order valence-corrected chi connectivity index (χ2v) is 6.31. The van der Waals surface area contributed by atoms with Gasteiger partial charge in [-0.2, -0.15) is 11.8 Å². The molecule has 3 N–H and O–H groups in total. The average Bonchev–Trinajstić information content (AvgIpc) is 2.94. The smallest absolute Gasteiger partial charge is 0.240 e. The van der Waals surface area contributed by atoms with Gasteiger partial charge in [0.05, 0.1) is 5.54 Å². The summed E-state index contributed by atoms with van der Waals surface area (Å²) in [7, 11) is 0. The van der Waals surface area contributed by atoms with E-state index in [1.54, 1.807) is 0 Å². The molecule has 0 spiro atoms. The van der Waals surface area contributed by atoms with Crippen LogP contribution >= 0.6 is 11.8 Å². The van der Waals surface area contributed by atoms with Gasteiger partial charge in [-0.15, -0.1) is 0 Å². The molecule has 1 amide bonds. The predicted octanol–water partition coefficient (Wildman–Crippen LogP) is 1.13. The lowest BCUT2D eigenvalue weighted by atomic mass is 9.96. The summed E-state index contributed by atoms with van der Waals surface area (Å²) in [5, 5.41) is 3.62. The summed E-state index contributed by atoms with van der Waals surface area (Å²) in [4.78, 5) is 11.9. The first-order valence-corrected chi connectivity index (χ1v) is 6.84. The molecule has 2 fully saturated rings. The van der Waals surface area contributed by atoms with Crippen LogP contribution in [-0.2, 0) is 4.79 Å². The number of carbonyl (C=O) groups excluding carboxylic acids is 1. The Morgan fingerprint density at radius 3 is 2.80 bits per heavy atom. The molecule has 0 aromatic heterocycles. The SMILES string of the molecule is CC(N)(C(=O)NCC1CCCS1)C1CC1. The molecule has 15 heavy (non-hydrogen) atoms. The molecule has 1 saturated carbocycles. The highest BCUT2D eigenvalue weighted by Gasteiger charge is 2.44. The number of nitrogens with one attached hydrogen (secondary N) is 1. The van der Waals surface area contributed by atoms with Gasteiger partial charge in [0.25, 0.3) is 0 Å². The number of hydrogen-bond acceptors (Lipinski definition) is 3. The fraction of sp³-hybridized carbons (Fsp3) is 0.909. The summed E-state index contributed by atoms with van der Waals surface area (Å²) in [6.07, 6.45) is 4.74. The van der Waals surface area contributed by atoms with Gasteiger partial charge in [0.15, 0.2) is 0 Å². The van der Waals surface area contributed by atoms with E-state index in [0.29, 0.717) is 11.2 Å². The van der Waals surface area contributed by atoms with E-state index in [9.17, 15) is 4.79 Å². The number of amides is 1. The maximum atomic E-state index is 11.9. The van der Waals surface area contributed by atoms with Gasteiger partial charge in [0.2, 0.25) is 5.91 Å². The molecule has 0 aromatic rings. The third kappa shape index (κ3) is 2.67. The van der Waals surface area contributed by atoms with Crippen LogP contribution in [0.1, 0.15) is 32.6 Å². The highest BCUT2D eigenvalue weighted by Crippen LogP contribution is 2.38. The van der Waals surface area contributed by atoms with Crippen LogP contribution in [0.4, 0.5) is 0 Å². The Bertz CT molecular complexity index is 245. The van der Waals surface area contributed by atoms with Crippen LogP contribution in [-0.4, -0.2) is 29.0 Å². The van der Waals surface area contributed by atoms with Crippen LogP contribution in [0.3, 0.4) is 0 Å². The molecule has 1 aliphatic heterocycles. The Labute approximate surface area is 95.6 Å². The summed E-state index contributed by atoms with van der Waals surface area (Å²) >= 11 is 1.96. The molecule has 2 atom stereocenters. The standard InChI is InChI=1S/C11H20N2OS/c1-11(12,8-4-5-8)10(14)13-7-9-3-2-6-15-9/h8-9H,2-7,12H2,1H3,(H,13,14). The molecule has 0 radical (unpaired) electrons. The fourth-order valence-corrected chi connectivity index (χ4v) is 3.27. The highest BCUT2D eigenvalue weighted by atomic mass is 32.2. The number of hydrogen-bond donors (Lipinski definition) is 2. The lowest BCUT2D eigenvalue weighted by Crippen LogP contribution is -2.54. The number of carbonyl (C=O) groups is 1. The molecule has 3 nitrogen and oxygen atoms in total. The molecule has 2 unspecified atom stereocenters. The van der Waals surface area contributed by atoms with Gasteiger partial charge in [0.1, 0.15) is 0 Å². The van der Waals surface area contributed by atoms with Gasteiger partial charge in [-0.05, 0) is 44.3 Å². The topological polar surface area (TPSA) is 55.1 Å². The fourth-order valence-electron chi connectivity index (χ4n) is 2.07. The third-order valence-corrected chi connectivity index (χ3v) is 4.83. The zero-order valence-corrected chi connectivity index (χ0v) is 10.1. The normalized spacial score (nSPS) is 29.9. The average molecular weight is 228 g/mol. The van der Waals surface area contributed by atoms with E-state index >= 15 is 0 Å². The first-order chi connectivity index (χ1) is 7.10. The first-order valence-electron chi connectivity index (χ1n) is 5.79. The van der Waals surface area contributed by atoms with E-state index in [-0.39, 0.29) is 5.91 Å². The molecule has 2 rings (SSSR count). The van der Waals surface area contributed by atoms with Gasteiger partial charge in [-0.25, -0.2) is 0 Å². The summed E-state index contributed by atoms with van der Waals surface area (Å²) in [5.41, 5.74) is 5.40.